The molecule has 0 N–H and O–H groups in total. The summed E-state index contributed by atoms with van der Waals surface area (Å²) in [5, 5.41) is -0.0739. The summed E-state index contributed by atoms with van der Waals surface area (Å²) in [6.07, 6.45) is 0. The van der Waals surface area contributed by atoms with Crippen molar-refractivity contribution in [3.63, 3.8) is 0 Å². The average molecular weight is 342 g/mol. The van der Waals surface area contributed by atoms with E-state index in [1.807, 2.05) is 19.9 Å². The Morgan fingerprint density at radius 2 is 1.74 bits per heavy atom. The molecule has 2 aromatic carbocycles. The third-order valence-corrected chi connectivity index (χ3v) is 4.02. The first-order valence-corrected chi connectivity index (χ1v) is 6.83. The van der Waals surface area contributed by atoms with E-state index in [4.69, 9.17) is 11.6 Å². The number of ketones is 1. The van der Waals surface area contributed by atoms with Gasteiger partial charge in [-0.1, -0.05) is 28.8 Å². The van der Waals surface area contributed by atoms with Crippen molar-refractivity contribution in [2.24, 2.45) is 0 Å². The zero-order chi connectivity index (χ0) is 14.2. The topological polar surface area (TPSA) is 17.1 Å². The van der Waals surface area contributed by atoms with Crippen LogP contribution in [0, 0.1) is 19.7 Å². The molecule has 0 fully saturated rings. The quantitative estimate of drug-likeness (QED) is 0.549. The fourth-order valence-corrected chi connectivity index (χ4v) is 2.43. The summed E-state index contributed by atoms with van der Waals surface area (Å²) >= 11 is 8.93. The minimum absolute atomic E-state index is 0.0156. The third kappa shape index (κ3) is 2.88. The highest BCUT2D eigenvalue weighted by Crippen LogP contribution is 2.29. The molecule has 0 heterocycles. The standard InChI is InChI=1S/C15H11BrClFO/c1-8-5-9(2)7-10(6-8)15(19)11-3-4-12(16)13(17)14(11)18/h3-7H,1-2H3. The van der Waals surface area contributed by atoms with E-state index in [0.29, 0.717) is 10.0 Å². The van der Waals surface area contributed by atoms with Crippen LogP contribution in [0.25, 0.3) is 0 Å². The van der Waals surface area contributed by atoms with Crippen LogP contribution in [0.1, 0.15) is 27.0 Å². The summed E-state index contributed by atoms with van der Waals surface area (Å²) in [7, 11) is 0. The van der Waals surface area contributed by atoms with Gasteiger partial charge in [0.1, 0.15) is 0 Å². The van der Waals surface area contributed by atoms with Gasteiger partial charge < -0.3 is 0 Å². The molecule has 0 aliphatic carbocycles. The Morgan fingerprint density at radius 3 is 2.32 bits per heavy atom. The van der Waals surface area contributed by atoms with Crippen LogP contribution in [-0.2, 0) is 0 Å². The van der Waals surface area contributed by atoms with Crippen LogP contribution in [-0.4, -0.2) is 5.78 Å². The number of aryl methyl sites for hydroxylation is 2. The summed E-state index contributed by atoms with van der Waals surface area (Å²) in [5.74, 6) is -1.06. The Labute approximate surface area is 124 Å². The molecular weight excluding hydrogens is 331 g/mol. The molecular formula is C15H11BrClFO. The third-order valence-electron chi connectivity index (χ3n) is 2.76. The van der Waals surface area contributed by atoms with Crippen molar-refractivity contribution < 1.29 is 9.18 Å². The van der Waals surface area contributed by atoms with E-state index in [9.17, 15) is 9.18 Å². The van der Waals surface area contributed by atoms with Crippen molar-refractivity contribution in [3.8, 4) is 0 Å². The van der Waals surface area contributed by atoms with Gasteiger partial charge >= 0.3 is 0 Å². The van der Waals surface area contributed by atoms with Crippen LogP contribution in [0.5, 0.6) is 0 Å². The molecule has 0 saturated carbocycles. The first-order chi connectivity index (χ1) is 8.90. The molecule has 98 valence electrons. The van der Waals surface area contributed by atoms with Crippen LogP contribution in [0.3, 0.4) is 0 Å². The first-order valence-electron chi connectivity index (χ1n) is 5.66. The van der Waals surface area contributed by atoms with E-state index in [-0.39, 0.29) is 16.4 Å². The van der Waals surface area contributed by atoms with Crippen molar-refractivity contribution in [1.29, 1.82) is 0 Å². The molecule has 0 aliphatic rings. The molecule has 2 rings (SSSR count). The van der Waals surface area contributed by atoms with E-state index in [1.165, 1.54) is 6.07 Å². The molecule has 0 atom stereocenters. The van der Waals surface area contributed by atoms with Gasteiger partial charge in [-0.2, -0.15) is 0 Å². The van der Waals surface area contributed by atoms with E-state index < -0.39 is 5.82 Å². The fraction of sp³-hybridized carbons (Fsp3) is 0.133. The van der Waals surface area contributed by atoms with Gasteiger partial charge in [0.05, 0.1) is 10.6 Å². The summed E-state index contributed by atoms with van der Waals surface area (Å²) < 4.78 is 14.5. The molecule has 0 aliphatic heterocycles. The number of halogens is 3. The maximum atomic E-state index is 14.0. The van der Waals surface area contributed by atoms with Gasteiger partial charge in [-0.05, 0) is 54.0 Å². The van der Waals surface area contributed by atoms with Crippen LogP contribution in [0.4, 0.5) is 4.39 Å². The summed E-state index contributed by atoms with van der Waals surface area (Å²) in [6.45, 7) is 3.80. The fourth-order valence-electron chi connectivity index (χ4n) is 1.96. The Hall–Kier alpha value is -1.19. The predicted molar refractivity (Wildman–Crippen MR) is 78.5 cm³/mol. The van der Waals surface area contributed by atoms with Gasteiger partial charge in [0.2, 0.25) is 0 Å². The Morgan fingerprint density at radius 1 is 1.16 bits per heavy atom. The van der Waals surface area contributed by atoms with E-state index in [1.54, 1.807) is 18.2 Å². The lowest BCUT2D eigenvalue weighted by atomic mass is 9.99. The van der Waals surface area contributed by atoms with Gasteiger partial charge in [0.15, 0.2) is 11.6 Å². The maximum Gasteiger partial charge on any atom is 0.196 e. The first kappa shape index (κ1) is 14.2. The Bertz CT molecular complexity index is 647. The molecule has 0 bridgehead atoms. The molecule has 0 amide bonds. The number of carbonyl (C=O) groups is 1. The lowest BCUT2D eigenvalue weighted by Crippen LogP contribution is -2.05. The lowest BCUT2D eigenvalue weighted by molar-refractivity contribution is 0.103. The van der Waals surface area contributed by atoms with Gasteiger partial charge in [0, 0.05) is 10.0 Å². The predicted octanol–water partition coefficient (Wildman–Crippen LogP) is 5.09. The molecule has 0 aromatic heterocycles. The molecule has 1 nitrogen and oxygen atoms in total. The van der Waals surface area contributed by atoms with Gasteiger partial charge in [-0.3, -0.25) is 4.79 Å². The van der Waals surface area contributed by atoms with Crippen molar-refractivity contribution >= 4 is 33.3 Å². The van der Waals surface area contributed by atoms with Gasteiger partial charge in [0.25, 0.3) is 0 Å². The van der Waals surface area contributed by atoms with Crippen molar-refractivity contribution in [2.75, 3.05) is 0 Å². The lowest BCUT2D eigenvalue weighted by Gasteiger charge is -2.07. The molecule has 2 aromatic rings. The van der Waals surface area contributed by atoms with Crippen molar-refractivity contribution in [2.45, 2.75) is 13.8 Å². The second-order valence-electron chi connectivity index (χ2n) is 4.43. The molecule has 0 saturated heterocycles. The summed E-state index contributed by atoms with van der Waals surface area (Å²) in [4.78, 5) is 12.3. The molecule has 0 radical (unpaired) electrons. The van der Waals surface area contributed by atoms with E-state index >= 15 is 0 Å². The molecule has 0 unspecified atom stereocenters. The highest BCUT2D eigenvalue weighted by molar-refractivity contribution is 9.10. The van der Waals surface area contributed by atoms with Crippen LogP contribution in [0.2, 0.25) is 5.02 Å². The second-order valence-corrected chi connectivity index (χ2v) is 5.66. The molecule has 4 heteroatoms. The SMILES string of the molecule is Cc1cc(C)cc(C(=O)c2ccc(Br)c(Cl)c2F)c1. The molecule has 0 spiro atoms. The minimum Gasteiger partial charge on any atom is -0.288 e. The van der Waals surface area contributed by atoms with E-state index in [2.05, 4.69) is 15.9 Å². The van der Waals surface area contributed by atoms with Crippen LogP contribution in [0.15, 0.2) is 34.8 Å². The number of benzene rings is 2. The van der Waals surface area contributed by atoms with Crippen molar-refractivity contribution in [1.82, 2.24) is 0 Å². The highest BCUT2D eigenvalue weighted by Gasteiger charge is 2.18. The maximum absolute atomic E-state index is 14.0. The Balaban J connectivity index is 2.53. The van der Waals surface area contributed by atoms with Crippen LogP contribution >= 0.6 is 27.5 Å². The number of hydrogen-bond acceptors (Lipinski definition) is 1. The largest absolute Gasteiger partial charge is 0.288 e. The number of hydrogen-bond donors (Lipinski definition) is 0. The zero-order valence-electron chi connectivity index (χ0n) is 10.4. The Kier molecular flexibility index (Phi) is 4.07. The summed E-state index contributed by atoms with van der Waals surface area (Å²) in [5.41, 5.74) is 2.38. The molecule has 19 heavy (non-hydrogen) atoms. The van der Waals surface area contributed by atoms with E-state index in [0.717, 1.165) is 11.1 Å². The monoisotopic (exact) mass is 340 g/mol. The average Bonchev–Trinajstić information content (AvgIpc) is 2.34. The van der Waals surface area contributed by atoms with Gasteiger partial charge in [-0.25, -0.2) is 4.39 Å². The minimum atomic E-state index is -0.694. The summed E-state index contributed by atoms with van der Waals surface area (Å²) in [6, 6.07) is 8.45. The zero-order valence-corrected chi connectivity index (χ0v) is 12.8. The number of carbonyl (C=O) groups excluding carboxylic acids is 1. The highest BCUT2D eigenvalue weighted by atomic mass is 79.9. The van der Waals surface area contributed by atoms with Crippen molar-refractivity contribution in [3.05, 3.63) is 67.9 Å². The number of rotatable bonds is 2. The van der Waals surface area contributed by atoms with Crippen LogP contribution < -0.4 is 0 Å². The van der Waals surface area contributed by atoms with Gasteiger partial charge in [-0.15, -0.1) is 0 Å². The second kappa shape index (κ2) is 5.43. The normalized spacial score (nSPS) is 10.6. The smallest absolute Gasteiger partial charge is 0.196 e.